The first kappa shape index (κ1) is 17.5. The second-order valence-corrected chi connectivity index (χ2v) is 7.52. The summed E-state index contributed by atoms with van der Waals surface area (Å²) < 4.78 is 33.8. The molecule has 1 aromatic heterocycles. The highest BCUT2D eigenvalue weighted by molar-refractivity contribution is 7.93. The number of nitrogens with one attached hydrogen (secondary N) is 1. The van der Waals surface area contributed by atoms with E-state index in [9.17, 15) is 8.42 Å². The first-order valence-corrected chi connectivity index (χ1v) is 9.58. The Bertz CT molecular complexity index is 1040. The maximum Gasteiger partial charge on any atom is 0.262 e. The van der Waals surface area contributed by atoms with Gasteiger partial charge in [0.05, 0.1) is 17.2 Å². The molecule has 2 aromatic carbocycles. The third-order valence-electron chi connectivity index (χ3n) is 3.71. The molecule has 130 valence electrons. The lowest BCUT2D eigenvalue weighted by Crippen LogP contribution is -2.13. The Labute approximate surface area is 151 Å². The van der Waals surface area contributed by atoms with Gasteiger partial charge in [-0.3, -0.25) is 9.71 Å². The minimum atomic E-state index is -3.81. The molecule has 0 aliphatic carbocycles. The average Bonchev–Trinajstić information content (AvgIpc) is 2.58. The van der Waals surface area contributed by atoms with Crippen molar-refractivity contribution in [3.8, 4) is 5.75 Å². The minimum Gasteiger partial charge on any atom is -0.492 e. The van der Waals surface area contributed by atoms with E-state index in [0.29, 0.717) is 34.0 Å². The number of fused-ring (bicyclic) bond motifs is 1. The van der Waals surface area contributed by atoms with Crippen molar-refractivity contribution in [2.45, 2.75) is 18.7 Å². The normalized spacial score (nSPS) is 11.5. The summed E-state index contributed by atoms with van der Waals surface area (Å²) in [6.45, 7) is 4.19. The summed E-state index contributed by atoms with van der Waals surface area (Å²) in [5.41, 5.74) is 1.79. The number of anilines is 1. The zero-order valence-corrected chi connectivity index (χ0v) is 15.4. The Morgan fingerprint density at radius 1 is 1.20 bits per heavy atom. The molecule has 0 atom stereocenters. The quantitative estimate of drug-likeness (QED) is 0.716. The first-order chi connectivity index (χ1) is 11.9. The highest BCUT2D eigenvalue weighted by atomic mass is 35.5. The first-order valence-electron chi connectivity index (χ1n) is 7.72. The summed E-state index contributed by atoms with van der Waals surface area (Å²) in [4.78, 5) is 4.40. The summed E-state index contributed by atoms with van der Waals surface area (Å²) in [5, 5.41) is 0.998. The number of hydrogen-bond donors (Lipinski definition) is 1. The largest absolute Gasteiger partial charge is 0.492 e. The van der Waals surface area contributed by atoms with Gasteiger partial charge in [0.15, 0.2) is 0 Å². The van der Waals surface area contributed by atoms with Crippen LogP contribution in [0.1, 0.15) is 12.5 Å². The van der Waals surface area contributed by atoms with Crippen molar-refractivity contribution in [1.82, 2.24) is 4.98 Å². The zero-order chi connectivity index (χ0) is 18.0. The maximum atomic E-state index is 12.9. The highest BCUT2D eigenvalue weighted by Gasteiger charge is 2.20. The molecule has 0 spiro atoms. The van der Waals surface area contributed by atoms with Crippen LogP contribution in [0, 0.1) is 6.92 Å². The van der Waals surface area contributed by atoms with Crippen LogP contribution < -0.4 is 9.46 Å². The smallest absolute Gasteiger partial charge is 0.262 e. The number of hydrogen-bond acceptors (Lipinski definition) is 4. The third kappa shape index (κ3) is 3.55. The van der Waals surface area contributed by atoms with E-state index >= 15 is 0 Å². The van der Waals surface area contributed by atoms with Gasteiger partial charge in [-0.2, -0.15) is 0 Å². The lowest BCUT2D eigenvalue weighted by molar-refractivity contribution is 0.343. The number of nitrogens with zero attached hydrogens (tertiary/aromatic N) is 1. The van der Waals surface area contributed by atoms with Gasteiger partial charge in [-0.05, 0) is 55.8 Å². The van der Waals surface area contributed by atoms with Crippen molar-refractivity contribution in [3.05, 3.63) is 59.2 Å². The number of halogens is 1. The van der Waals surface area contributed by atoms with Gasteiger partial charge < -0.3 is 4.74 Å². The average molecular weight is 377 g/mol. The van der Waals surface area contributed by atoms with Crippen molar-refractivity contribution in [2.75, 3.05) is 11.3 Å². The van der Waals surface area contributed by atoms with E-state index in [1.165, 1.54) is 6.07 Å². The van der Waals surface area contributed by atoms with Crippen LogP contribution in [0.4, 0.5) is 5.69 Å². The molecule has 0 fully saturated rings. The lowest BCUT2D eigenvalue weighted by atomic mass is 10.2. The van der Waals surface area contributed by atoms with Gasteiger partial charge in [-0.15, -0.1) is 0 Å². The number of ether oxygens (including phenoxy) is 1. The Kier molecular flexibility index (Phi) is 4.83. The van der Waals surface area contributed by atoms with Gasteiger partial charge in [-0.1, -0.05) is 17.7 Å². The molecular formula is C18H17ClN2O3S. The number of benzene rings is 2. The SMILES string of the molecule is CCOc1ccc(S(=O)(=O)Nc2ccc(C)c(Cl)c2)c2cccnc12. The molecule has 3 rings (SSSR count). The van der Waals surface area contributed by atoms with Gasteiger partial charge in [-0.25, -0.2) is 8.42 Å². The number of aryl methyl sites for hydroxylation is 1. The van der Waals surface area contributed by atoms with Crippen LogP contribution >= 0.6 is 11.6 Å². The van der Waals surface area contributed by atoms with Crippen molar-refractivity contribution in [3.63, 3.8) is 0 Å². The van der Waals surface area contributed by atoms with Gasteiger partial charge in [0.25, 0.3) is 10.0 Å². The van der Waals surface area contributed by atoms with E-state index in [2.05, 4.69) is 9.71 Å². The van der Waals surface area contributed by atoms with Gasteiger partial charge in [0.2, 0.25) is 0 Å². The molecule has 1 heterocycles. The van der Waals surface area contributed by atoms with Gasteiger partial charge in [0.1, 0.15) is 11.3 Å². The second kappa shape index (κ2) is 6.90. The maximum absolute atomic E-state index is 12.9. The summed E-state index contributed by atoms with van der Waals surface area (Å²) in [7, 11) is -3.81. The van der Waals surface area contributed by atoms with Crippen LogP contribution in [0.2, 0.25) is 5.02 Å². The molecule has 0 saturated carbocycles. The molecule has 7 heteroatoms. The summed E-state index contributed by atoms with van der Waals surface area (Å²) in [5.74, 6) is 0.551. The van der Waals surface area contributed by atoms with Crippen molar-refractivity contribution >= 4 is 38.2 Å². The predicted molar refractivity (Wildman–Crippen MR) is 99.9 cm³/mol. The van der Waals surface area contributed by atoms with Crippen LogP contribution in [0.5, 0.6) is 5.75 Å². The summed E-state index contributed by atoms with van der Waals surface area (Å²) in [6.07, 6.45) is 1.61. The van der Waals surface area contributed by atoms with Crippen molar-refractivity contribution in [1.29, 1.82) is 0 Å². The molecule has 5 nitrogen and oxygen atoms in total. The number of sulfonamides is 1. The molecular weight excluding hydrogens is 360 g/mol. The van der Waals surface area contributed by atoms with E-state index in [-0.39, 0.29) is 4.90 Å². The lowest BCUT2D eigenvalue weighted by Gasteiger charge is -2.13. The summed E-state index contributed by atoms with van der Waals surface area (Å²) in [6, 6.07) is 11.6. The monoisotopic (exact) mass is 376 g/mol. The standard InChI is InChI=1S/C18H17ClN2O3S/c1-3-24-16-8-9-17(14-5-4-10-20-18(14)16)25(22,23)21-13-7-6-12(2)15(19)11-13/h4-11,21H,3H2,1-2H3. The number of pyridine rings is 1. The number of rotatable bonds is 5. The molecule has 3 aromatic rings. The molecule has 0 saturated heterocycles. The van der Waals surface area contributed by atoms with Gasteiger partial charge >= 0.3 is 0 Å². The molecule has 0 radical (unpaired) electrons. The Hall–Kier alpha value is -2.31. The molecule has 0 aliphatic rings. The van der Waals surface area contributed by atoms with Gasteiger partial charge in [0, 0.05) is 16.6 Å². The fourth-order valence-corrected chi connectivity index (χ4v) is 3.92. The van der Waals surface area contributed by atoms with E-state index < -0.39 is 10.0 Å². The third-order valence-corrected chi connectivity index (χ3v) is 5.55. The topological polar surface area (TPSA) is 68.3 Å². The van der Waals surface area contributed by atoms with E-state index in [1.54, 1.807) is 42.6 Å². The Balaban J connectivity index is 2.08. The van der Waals surface area contributed by atoms with Crippen LogP contribution in [0.25, 0.3) is 10.9 Å². The Morgan fingerprint density at radius 3 is 2.72 bits per heavy atom. The van der Waals surface area contributed by atoms with Crippen LogP contribution in [0.3, 0.4) is 0 Å². The molecule has 0 bridgehead atoms. The Morgan fingerprint density at radius 2 is 2.00 bits per heavy atom. The summed E-state index contributed by atoms with van der Waals surface area (Å²) >= 11 is 6.08. The van der Waals surface area contributed by atoms with Crippen molar-refractivity contribution in [2.24, 2.45) is 0 Å². The molecule has 25 heavy (non-hydrogen) atoms. The van der Waals surface area contributed by atoms with E-state index in [1.807, 2.05) is 13.8 Å². The zero-order valence-electron chi connectivity index (χ0n) is 13.8. The van der Waals surface area contributed by atoms with E-state index in [0.717, 1.165) is 5.56 Å². The second-order valence-electron chi connectivity index (χ2n) is 5.46. The highest BCUT2D eigenvalue weighted by Crippen LogP contribution is 2.31. The van der Waals surface area contributed by atoms with E-state index in [4.69, 9.17) is 16.3 Å². The minimum absolute atomic E-state index is 0.135. The fraction of sp³-hybridized carbons (Fsp3) is 0.167. The molecule has 0 unspecified atom stereocenters. The molecule has 0 aliphatic heterocycles. The predicted octanol–water partition coefficient (Wildman–Crippen LogP) is 4.40. The molecule has 0 amide bonds. The number of aromatic nitrogens is 1. The molecule has 1 N–H and O–H groups in total. The fourth-order valence-electron chi connectivity index (χ4n) is 2.49. The van der Waals surface area contributed by atoms with Crippen LogP contribution in [0.15, 0.2) is 53.6 Å². The van der Waals surface area contributed by atoms with Crippen molar-refractivity contribution < 1.29 is 13.2 Å². The van der Waals surface area contributed by atoms with Crippen LogP contribution in [-0.4, -0.2) is 20.0 Å². The van der Waals surface area contributed by atoms with Crippen LogP contribution in [-0.2, 0) is 10.0 Å².